The van der Waals surface area contributed by atoms with Gasteiger partial charge in [-0.05, 0) is 24.7 Å². The summed E-state index contributed by atoms with van der Waals surface area (Å²) in [6, 6.07) is 6.59. The molecule has 1 aromatic rings. The lowest BCUT2D eigenvalue weighted by Gasteiger charge is -2.34. The van der Waals surface area contributed by atoms with Gasteiger partial charge in [0.1, 0.15) is 5.75 Å². The molecule has 1 saturated heterocycles. The van der Waals surface area contributed by atoms with Gasteiger partial charge in [0.05, 0.1) is 19.3 Å². The van der Waals surface area contributed by atoms with Crippen molar-refractivity contribution in [3.63, 3.8) is 0 Å². The Hall–Kier alpha value is -0.620. The lowest BCUT2D eigenvalue weighted by molar-refractivity contribution is -0.0268. The van der Waals surface area contributed by atoms with E-state index >= 15 is 0 Å². The zero-order chi connectivity index (χ0) is 14.7. The van der Waals surface area contributed by atoms with Crippen LogP contribution in [0.1, 0.15) is 24.9 Å². The Kier molecular flexibility index (Phi) is 5.16. The number of rotatable bonds is 4. The molecule has 2 atom stereocenters. The maximum absolute atomic E-state index is 5.87. The maximum atomic E-state index is 5.87. The molecule has 21 heavy (non-hydrogen) atoms. The van der Waals surface area contributed by atoms with Crippen LogP contribution >= 0.6 is 15.9 Å². The third kappa shape index (κ3) is 3.77. The molecule has 2 aliphatic rings. The smallest absolute Gasteiger partial charge is 0.124 e. The minimum absolute atomic E-state index is 0.289. The largest absolute Gasteiger partial charge is 0.493 e. The normalized spacial score (nSPS) is 26.2. The highest BCUT2D eigenvalue weighted by Crippen LogP contribution is 2.34. The molecular weight excluding hydrogens is 332 g/mol. The number of nitrogens with one attached hydrogen (secondary N) is 1. The fraction of sp³-hybridized carbons (Fsp3) is 0.625. The van der Waals surface area contributed by atoms with Crippen molar-refractivity contribution < 1.29 is 9.47 Å². The zero-order valence-electron chi connectivity index (χ0n) is 12.5. The predicted octanol–water partition coefficient (Wildman–Crippen LogP) is 2.58. The quantitative estimate of drug-likeness (QED) is 0.900. The van der Waals surface area contributed by atoms with Crippen molar-refractivity contribution in [1.82, 2.24) is 10.2 Å². The Morgan fingerprint density at radius 2 is 2.29 bits per heavy atom. The molecule has 0 bridgehead atoms. The van der Waals surface area contributed by atoms with E-state index in [1.54, 1.807) is 0 Å². The van der Waals surface area contributed by atoms with Crippen molar-refractivity contribution in [2.45, 2.75) is 25.5 Å². The SMILES string of the molecule is CCN1CCOC(CNC2CCOc3ccc(Br)cc32)C1. The van der Waals surface area contributed by atoms with Crippen LogP contribution in [-0.4, -0.2) is 50.4 Å². The van der Waals surface area contributed by atoms with Gasteiger partial charge in [0.2, 0.25) is 0 Å². The molecular formula is C16H23BrN2O2. The molecule has 116 valence electrons. The van der Waals surface area contributed by atoms with Gasteiger partial charge in [-0.15, -0.1) is 0 Å². The Morgan fingerprint density at radius 1 is 1.38 bits per heavy atom. The van der Waals surface area contributed by atoms with Crippen LogP contribution in [0.3, 0.4) is 0 Å². The summed E-state index contributed by atoms with van der Waals surface area (Å²) in [5, 5.41) is 3.67. The number of morpholine rings is 1. The van der Waals surface area contributed by atoms with Crippen LogP contribution in [0.25, 0.3) is 0 Å². The summed E-state index contributed by atoms with van der Waals surface area (Å²) < 4.78 is 12.7. The van der Waals surface area contributed by atoms with Gasteiger partial charge in [-0.2, -0.15) is 0 Å². The minimum Gasteiger partial charge on any atom is -0.493 e. The molecule has 1 N–H and O–H groups in total. The van der Waals surface area contributed by atoms with E-state index in [1.807, 2.05) is 12.1 Å². The molecule has 1 aromatic carbocycles. The first-order valence-electron chi connectivity index (χ1n) is 7.76. The first kappa shape index (κ1) is 15.3. The molecule has 0 spiro atoms. The van der Waals surface area contributed by atoms with Crippen molar-refractivity contribution >= 4 is 15.9 Å². The molecule has 3 rings (SSSR count). The van der Waals surface area contributed by atoms with Gasteiger partial charge in [0, 0.05) is 42.1 Å². The van der Waals surface area contributed by atoms with Crippen molar-refractivity contribution in [1.29, 1.82) is 0 Å². The molecule has 2 heterocycles. The molecule has 0 amide bonds. The summed E-state index contributed by atoms with van der Waals surface area (Å²) in [5.74, 6) is 1.00. The maximum Gasteiger partial charge on any atom is 0.124 e. The van der Waals surface area contributed by atoms with E-state index in [4.69, 9.17) is 9.47 Å². The average molecular weight is 355 g/mol. The van der Waals surface area contributed by atoms with Crippen LogP contribution in [0.15, 0.2) is 22.7 Å². The van der Waals surface area contributed by atoms with Gasteiger partial charge in [-0.1, -0.05) is 22.9 Å². The van der Waals surface area contributed by atoms with E-state index in [0.29, 0.717) is 6.04 Å². The van der Waals surface area contributed by atoms with Crippen molar-refractivity contribution in [2.24, 2.45) is 0 Å². The first-order valence-corrected chi connectivity index (χ1v) is 8.55. The molecule has 4 nitrogen and oxygen atoms in total. The van der Waals surface area contributed by atoms with Gasteiger partial charge in [0.25, 0.3) is 0 Å². The summed E-state index contributed by atoms with van der Waals surface area (Å²) >= 11 is 3.55. The number of ether oxygens (including phenoxy) is 2. The van der Waals surface area contributed by atoms with Crippen molar-refractivity contribution in [2.75, 3.05) is 39.4 Å². The zero-order valence-corrected chi connectivity index (χ0v) is 14.1. The third-order valence-electron chi connectivity index (χ3n) is 4.27. The second-order valence-electron chi connectivity index (χ2n) is 5.67. The molecule has 5 heteroatoms. The number of likely N-dealkylation sites (N-methyl/N-ethyl adjacent to an activating group) is 1. The van der Waals surface area contributed by atoms with Crippen molar-refractivity contribution in [3.05, 3.63) is 28.2 Å². The average Bonchev–Trinajstić information content (AvgIpc) is 2.53. The summed E-state index contributed by atoms with van der Waals surface area (Å²) in [7, 11) is 0. The second kappa shape index (κ2) is 7.09. The molecule has 0 aromatic heterocycles. The molecule has 2 aliphatic heterocycles. The molecule has 2 unspecified atom stereocenters. The van der Waals surface area contributed by atoms with E-state index < -0.39 is 0 Å². The highest BCUT2D eigenvalue weighted by Gasteiger charge is 2.24. The molecule has 0 saturated carbocycles. The van der Waals surface area contributed by atoms with Crippen LogP contribution in [0.5, 0.6) is 5.75 Å². The third-order valence-corrected chi connectivity index (χ3v) is 4.77. The predicted molar refractivity (Wildman–Crippen MR) is 86.9 cm³/mol. The standard InChI is InChI=1S/C16H23BrN2O2/c1-2-19-6-8-20-13(11-19)10-18-15-5-7-21-16-4-3-12(17)9-14(15)16/h3-4,9,13,15,18H,2,5-8,10-11H2,1H3. The summed E-state index contributed by atoms with van der Waals surface area (Å²) in [4.78, 5) is 2.45. The Bertz CT molecular complexity index is 483. The number of hydrogen-bond acceptors (Lipinski definition) is 4. The van der Waals surface area contributed by atoms with E-state index in [9.17, 15) is 0 Å². The number of nitrogens with zero attached hydrogens (tertiary/aromatic N) is 1. The van der Waals surface area contributed by atoms with Crippen LogP contribution in [0.2, 0.25) is 0 Å². The Labute approximate surface area is 134 Å². The molecule has 0 radical (unpaired) electrons. The molecule has 1 fully saturated rings. The van der Waals surface area contributed by atoms with Crippen LogP contribution in [0.4, 0.5) is 0 Å². The number of benzene rings is 1. The summed E-state index contributed by atoms with van der Waals surface area (Å²) in [5.41, 5.74) is 1.25. The highest BCUT2D eigenvalue weighted by molar-refractivity contribution is 9.10. The second-order valence-corrected chi connectivity index (χ2v) is 6.58. The summed E-state index contributed by atoms with van der Waals surface area (Å²) in [6.07, 6.45) is 1.30. The van der Waals surface area contributed by atoms with E-state index in [-0.39, 0.29) is 6.10 Å². The van der Waals surface area contributed by atoms with Gasteiger partial charge < -0.3 is 14.8 Å². The van der Waals surface area contributed by atoms with Crippen LogP contribution in [-0.2, 0) is 4.74 Å². The van der Waals surface area contributed by atoms with Gasteiger partial charge in [0.15, 0.2) is 0 Å². The van der Waals surface area contributed by atoms with E-state index in [2.05, 4.69) is 39.1 Å². The van der Waals surface area contributed by atoms with E-state index in [0.717, 1.165) is 56.0 Å². The van der Waals surface area contributed by atoms with Crippen LogP contribution < -0.4 is 10.1 Å². The first-order chi connectivity index (χ1) is 10.3. The Morgan fingerprint density at radius 3 is 3.14 bits per heavy atom. The highest BCUT2D eigenvalue weighted by atomic mass is 79.9. The lowest BCUT2D eigenvalue weighted by atomic mass is 10.0. The van der Waals surface area contributed by atoms with Gasteiger partial charge >= 0.3 is 0 Å². The van der Waals surface area contributed by atoms with E-state index in [1.165, 1.54) is 5.56 Å². The monoisotopic (exact) mass is 354 g/mol. The number of halogens is 1. The van der Waals surface area contributed by atoms with Gasteiger partial charge in [-0.25, -0.2) is 0 Å². The fourth-order valence-corrected chi connectivity index (χ4v) is 3.42. The topological polar surface area (TPSA) is 33.7 Å². The minimum atomic E-state index is 0.289. The lowest BCUT2D eigenvalue weighted by Crippen LogP contribution is -2.47. The Balaban J connectivity index is 1.60. The number of hydrogen-bond donors (Lipinski definition) is 1. The van der Waals surface area contributed by atoms with Crippen molar-refractivity contribution in [3.8, 4) is 5.75 Å². The molecule has 0 aliphatic carbocycles. The summed E-state index contributed by atoms with van der Waals surface area (Å²) in [6.45, 7) is 7.91. The van der Waals surface area contributed by atoms with Crippen LogP contribution in [0, 0.1) is 0 Å². The van der Waals surface area contributed by atoms with Gasteiger partial charge in [-0.3, -0.25) is 4.90 Å². The fourth-order valence-electron chi connectivity index (χ4n) is 3.04. The number of fused-ring (bicyclic) bond motifs is 1.